The number of halogens is 2. The maximum Gasteiger partial charge on any atom is 0.266 e. The Bertz CT molecular complexity index is 491. The van der Waals surface area contributed by atoms with E-state index < -0.39 is 6.08 Å². The zero-order valence-corrected chi connectivity index (χ0v) is 17.5. The number of ether oxygens (including phenoxy) is 2. The van der Waals surface area contributed by atoms with Crippen LogP contribution in [0.15, 0.2) is 24.3 Å². The van der Waals surface area contributed by atoms with Crippen molar-refractivity contribution in [2.45, 2.75) is 83.8 Å². The average Bonchev–Trinajstić information content (AvgIpc) is 2.72. The third kappa shape index (κ3) is 6.95. The highest BCUT2D eigenvalue weighted by Crippen LogP contribution is 2.36. The molecule has 0 unspecified atom stereocenters. The van der Waals surface area contributed by atoms with Crippen molar-refractivity contribution < 1.29 is 18.3 Å². The van der Waals surface area contributed by atoms with Crippen LogP contribution in [0.3, 0.4) is 0 Å². The molecule has 0 atom stereocenters. The quantitative estimate of drug-likeness (QED) is 0.427. The molecular formula is C24H38F2O2. The summed E-state index contributed by atoms with van der Waals surface area (Å²) in [4.78, 5) is 0. The second-order valence-corrected chi connectivity index (χ2v) is 9.23. The molecule has 1 aliphatic heterocycles. The van der Waals surface area contributed by atoms with Gasteiger partial charge in [0.1, 0.15) is 0 Å². The SMILES string of the molecule is CCCCC1CCC(C=CC2COC(C3CCC(C=C(F)F)CC3)OC2)CC1. The molecule has 0 aromatic rings. The Labute approximate surface area is 169 Å². The molecule has 0 spiro atoms. The molecule has 2 saturated carbocycles. The molecule has 1 heterocycles. The summed E-state index contributed by atoms with van der Waals surface area (Å²) in [5.41, 5.74) is 0. The molecule has 3 fully saturated rings. The zero-order valence-electron chi connectivity index (χ0n) is 17.5. The lowest BCUT2D eigenvalue weighted by Crippen LogP contribution is -2.38. The maximum absolute atomic E-state index is 12.4. The molecule has 3 rings (SSSR count). The van der Waals surface area contributed by atoms with Crippen LogP contribution in [-0.2, 0) is 9.47 Å². The van der Waals surface area contributed by atoms with E-state index >= 15 is 0 Å². The van der Waals surface area contributed by atoms with Crippen molar-refractivity contribution in [3.05, 3.63) is 24.3 Å². The molecule has 2 aliphatic carbocycles. The second kappa shape index (κ2) is 11.4. The first-order valence-electron chi connectivity index (χ1n) is 11.6. The van der Waals surface area contributed by atoms with Gasteiger partial charge in [-0.15, -0.1) is 0 Å². The Morgan fingerprint density at radius 1 is 0.821 bits per heavy atom. The molecule has 3 aliphatic rings. The minimum atomic E-state index is -1.54. The Balaban J connectivity index is 1.33. The fourth-order valence-electron chi connectivity index (χ4n) is 5.15. The average molecular weight is 397 g/mol. The standard InChI is InChI=1S/C24H38F2O2/c1-2-3-4-18-5-7-19(8-6-18)9-10-21-16-27-24(28-17-21)22-13-11-20(12-14-22)15-23(25)26/h9-10,15,18-22,24H,2-8,11-14,16-17H2,1H3. The van der Waals surface area contributed by atoms with Gasteiger partial charge >= 0.3 is 0 Å². The van der Waals surface area contributed by atoms with Crippen molar-refractivity contribution in [3.8, 4) is 0 Å². The first-order valence-corrected chi connectivity index (χ1v) is 11.6. The monoisotopic (exact) mass is 396 g/mol. The molecule has 0 amide bonds. The third-order valence-electron chi connectivity index (χ3n) is 7.03. The van der Waals surface area contributed by atoms with Gasteiger partial charge in [-0.3, -0.25) is 0 Å². The summed E-state index contributed by atoms with van der Waals surface area (Å²) >= 11 is 0. The van der Waals surface area contributed by atoms with Gasteiger partial charge in [0.05, 0.1) is 13.2 Å². The molecular weight excluding hydrogens is 358 g/mol. The van der Waals surface area contributed by atoms with Crippen molar-refractivity contribution in [1.29, 1.82) is 0 Å². The highest BCUT2D eigenvalue weighted by molar-refractivity contribution is 4.96. The van der Waals surface area contributed by atoms with Gasteiger partial charge in [0.2, 0.25) is 0 Å². The number of unbranched alkanes of at least 4 members (excludes halogenated alkanes) is 1. The van der Waals surface area contributed by atoms with E-state index in [0.717, 1.165) is 56.8 Å². The topological polar surface area (TPSA) is 18.5 Å². The molecule has 28 heavy (non-hydrogen) atoms. The first kappa shape index (κ1) is 22.0. The highest BCUT2D eigenvalue weighted by atomic mass is 19.3. The number of hydrogen-bond donors (Lipinski definition) is 0. The van der Waals surface area contributed by atoms with Crippen LogP contribution in [0.25, 0.3) is 0 Å². The van der Waals surface area contributed by atoms with Gasteiger partial charge in [-0.2, -0.15) is 8.78 Å². The highest BCUT2D eigenvalue weighted by Gasteiger charge is 2.32. The third-order valence-corrected chi connectivity index (χ3v) is 7.03. The largest absolute Gasteiger partial charge is 0.352 e. The Morgan fingerprint density at radius 3 is 2.04 bits per heavy atom. The van der Waals surface area contributed by atoms with Gasteiger partial charge in [-0.1, -0.05) is 38.3 Å². The van der Waals surface area contributed by atoms with Gasteiger partial charge in [0.15, 0.2) is 6.29 Å². The lowest BCUT2D eigenvalue weighted by Gasteiger charge is -2.36. The molecule has 0 bridgehead atoms. The molecule has 160 valence electrons. The fraction of sp³-hybridized carbons (Fsp3) is 0.833. The second-order valence-electron chi connectivity index (χ2n) is 9.23. The summed E-state index contributed by atoms with van der Waals surface area (Å²) in [7, 11) is 0. The van der Waals surface area contributed by atoms with Crippen LogP contribution in [0.1, 0.15) is 77.6 Å². The number of rotatable bonds is 7. The van der Waals surface area contributed by atoms with Crippen molar-refractivity contribution in [2.24, 2.45) is 29.6 Å². The number of hydrogen-bond acceptors (Lipinski definition) is 2. The summed E-state index contributed by atoms with van der Waals surface area (Å²) in [6.45, 7) is 3.74. The van der Waals surface area contributed by atoms with Crippen LogP contribution >= 0.6 is 0 Å². The van der Waals surface area contributed by atoms with E-state index in [1.165, 1.54) is 44.9 Å². The Hall–Kier alpha value is -0.740. The van der Waals surface area contributed by atoms with Gasteiger partial charge in [-0.05, 0) is 75.2 Å². The molecule has 0 N–H and O–H groups in total. The van der Waals surface area contributed by atoms with Gasteiger partial charge < -0.3 is 9.47 Å². The molecule has 0 aromatic carbocycles. The summed E-state index contributed by atoms with van der Waals surface area (Å²) in [6.07, 6.45) is 17.2. The van der Waals surface area contributed by atoms with Gasteiger partial charge in [0, 0.05) is 11.8 Å². The van der Waals surface area contributed by atoms with Crippen molar-refractivity contribution in [1.82, 2.24) is 0 Å². The summed E-state index contributed by atoms with van der Waals surface area (Å²) in [6, 6.07) is 0. The fourth-order valence-corrected chi connectivity index (χ4v) is 5.15. The first-order chi connectivity index (χ1) is 13.6. The van der Waals surface area contributed by atoms with Crippen LogP contribution in [-0.4, -0.2) is 19.5 Å². The van der Waals surface area contributed by atoms with E-state index in [1.807, 2.05) is 0 Å². The molecule has 1 saturated heterocycles. The smallest absolute Gasteiger partial charge is 0.266 e. The van der Waals surface area contributed by atoms with Crippen LogP contribution < -0.4 is 0 Å². The Morgan fingerprint density at radius 2 is 1.43 bits per heavy atom. The summed E-state index contributed by atoms with van der Waals surface area (Å²) in [5.74, 6) is 2.43. The zero-order chi connectivity index (χ0) is 19.8. The number of allylic oxidation sites excluding steroid dienone is 2. The normalized spacial score (nSPS) is 37.1. The lowest BCUT2D eigenvalue weighted by molar-refractivity contribution is -0.222. The molecule has 0 aromatic heterocycles. The molecule has 4 heteroatoms. The van der Waals surface area contributed by atoms with Crippen LogP contribution in [0, 0.1) is 29.6 Å². The molecule has 2 nitrogen and oxygen atoms in total. The van der Waals surface area contributed by atoms with Crippen LogP contribution in [0.5, 0.6) is 0 Å². The van der Waals surface area contributed by atoms with E-state index in [-0.39, 0.29) is 12.2 Å². The van der Waals surface area contributed by atoms with E-state index in [4.69, 9.17) is 9.47 Å². The van der Waals surface area contributed by atoms with Crippen molar-refractivity contribution in [2.75, 3.05) is 13.2 Å². The molecule has 0 radical (unpaired) electrons. The lowest BCUT2D eigenvalue weighted by atomic mass is 9.79. The van der Waals surface area contributed by atoms with E-state index in [9.17, 15) is 8.78 Å². The Kier molecular flexibility index (Phi) is 8.98. The van der Waals surface area contributed by atoms with Crippen molar-refractivity contribution in [3.63, 3.8) is 0 Å². The summed E-state index contributed by atoms with van der Waals surface area (Å²) < 4.78 is 36.8. The van der Waals surface area contributed by atoms with Crippen LogP contribution in [0.2, 0.25) is 0 Å². The minimum Gasteiger partial charge on any atom is -0.352 e. The van der Waals surface area contributed by atoms with Crippen LogP contribution in [0.4, 0.5) is 8.78 Å². The van der Waals surface area contributed by atoms with E-state index in [0.29, 0.717) is 11.8 Å². The van der Waals surface area contributed by atoms with Gasteiger partial charge in [0.25, 0.3) is 6.08 Å². The predicted octanol–water partition coefficient (Wildman–Crippen LogP) is 7.12. The van der Waals surface area contributed by atoms with E-state index in [2.05, 4.69) is 19.1 Å². The van der Waals surface area contributed by atoms with Crippen molar-refractivity contribution >= 4 is 0 Å². The van der Waals surface area contributed by atoms with E-state index in [1.54, 1.807) is 0 Å². The maximum atomic E-state index is 12.4. The van der Waals surface area contributed by atoms with Gasteiger partial charge in [-0.25, -0.2) is 0 Å². The summed E-state index contributed by atoms with van der Waals surface area (Å²) in [5, 5.41) is 0. The minimum absolute atomic E-state index is 0.0255. The predicted molar refractivity (Wildman–Crippen MR) is 109 cm³/mol.